The number of amides is 1. The van der Waals surface area contributed by atoms with Gasteiger partial charge in [0.05, 0.1) is 17.8 Å². The molecule has 1 aliphatic heterocycles. The molecule has 0 spiro atoms. The predicted molar refractivity (Wildman–Crippen MR) is 88.0 cm³/mol. The lowest BCUT2D eigenvalue weighted by Crippen LogP contribution is -2.45. The van der Waals surface area contributed by atoms with Gasteiger partial charge in [0.2, 0.25) is 0 Å². The molecule has 2 unspecified atom stereocenters. The Kier molecular flexibility index (Phi) is 4.86. The van der Waals surface area contributed by atoms with Gasteiger partial charge < -0.3 is 15.0 Å². The standard InChI is InChI=1S/C16H18F3N5O2/c1-9-7-24(8-10(2)26-9)14-4-3-11(6-20-14)15(25)21-13-5-12(22-23-13)16(17,18)19/h3-6,9-10H,7-8H2,1-2H3,(H2,21,22,23,25). The summed E-state index contributed by atoms with van der Waals surface area (Å²) in [6, 6.07) is 4.00. The van der Waals surface area contributed by atoms with E-state index in [1.54, 1.807) is 12.1 Å². The van der Waals surface area contributed by atoms with E-state index in [-0.39, 0.29) is 23.6 Å². The topological polar surface area (TPSA) is 83.1 Å². The summed E-state index contributed by atoms with van der Waals surface area (Å²) in [6.07, 6.45) is -3.02. The van der Waals surface area contributed by atoms with Crippen molar-refractivity contribution in [2.45, 2.75) is 32.2 Å². The molecule has 0 radical (unpaired) electrons. The fourth-order valence-electron chi connectivity index (χ4n) is 2.79. The minimum Gasteiger partial charge on any atom is -0.372 e. The molecule has 1 aliphatic rings. The van der Waals surface area contributed by atoms with Crippen LogP contribution >= 0.6 is 0 Å². The molecular weight excluding hydrogens is 351 g/mol. The highest BCUT2D eigenvalue weighted by Gasteiger charge is 2.33. The molecule has 1 saturated heterocycles. The summed E-state index contributed by atoms with van der Waals surface area (Å²) >= 11 is 0. The summed E-state index contributed by atoms with van der Waals surface area (Å²) in [7, 11) is 0. The van der Waals surface area contributed by atoms with Gasteiger partial charge in [-0.05, 0) is 26.0 Å². The number of aromatic amines is 1. The Morgan fingerprint density at radius 3 is 2.54 bits per heavy atom. The van der Waals surface area contributed by atoms with E-state index in [1.165, 1.54) is 6.20 Å². The predicted octanol–water partition coefficient (Wildman–Crippen LogP) is 2.69. The summed E-state index contributed by atoms with van der Waals surface area (Å²) in [5.41, 5.74) is -0.809. The van der Waals surface area contributed by atoms with Gasteiger partial charge in [-0.2, -0.15) is 18.3 Å². The minimum atomic E-state index is -4.55. The van der Waals surface area contributed by atoms with Crippen molar-refractivity contribution in [3.63, 3.8) is 0 Å². The van der Waals surface area contributed by atoms with Crippen LogP contribution in [0.3, 0.4) is 0 Å². The average molecular weight is 369 g/mol. The third kappa shape index (κ3) is 4.13. The van der Waals surface area contributed by atoms with Crippen molar-refractivity contribution in [1.82, 2.24) is 15.2 Å². The van der Waals surface area contributed by atoms with Crippen molar-refractivity contribution in [1.29, 1.82) is 0 Å². The second-order valence-electron chi connectivity index (χ2n) is 6.19. The second kappa shape index (κ2) is 6.94. The minimum absolute atomic E-state index is 0.0750. The van der Waals surface area contributed by atoms with E-state index < -0.39 is 17.8 Å². The van der Waals surface area contributed by atoms with Crippen LogP contribution in [0.25, 0.3) is 0 Å². The zero-order valence-corrected chi connectivity index (χ0v) is 14.2. The second-order valence-corrected chi connectivity index (χ2v) is 6.19. The molecule has 3 heterocycles. The number of rotatable bonds is 3. The van der Waals surface area contributed by atoms with Crippen LogP contribution in [0.4, 0.5) is 24.8 Å². The monoisotopic (exact) mass is 369 g/mol. The molecule has 1 amide bonds. The first-order chi connectivity index (χ1) is 12.2. The SMILES string of the molecule is CC1CN(c2ccc(C(=O)Nc3cc(C(F)(F)F)[nH]n3)cn2)CC(C)O1. The number of anilines is 2. The van der Waals surface area contributed by atoms with Crippen molar-refractivity contribution >= 4 is 17.5 Å². The highest BCUT2D eigenvalue weighted by molar-refractivity contribution is 6.03. The summed E-state index contributed by atoms with van der Waals surface area (Å²) in [5, 5.41) is 7.58. The highest BCUT2D eigenvalue weighted by atomic mass is 19.4. The zero-order valence-electron chi connectivity index (χ0n) is 14.2. The number of pyridine rings is 1. The maximum absolute atomic E-state index is 12.5. The molecule has 7 nitrogen and oxygen atoms in total. The number of carbonyl (C=O) groups excluding carboxylic acids is 1. The summed E-state index contributed by atoms with van der Waals surface area (Å²) in [6.45, 7) is 5.33. The number of nitrogens with one attached hydrogen (secondary N) is 2. The molecule has 2 atom stereocenters. The largest absolute Gasteiger partial charge is 0.432 e. The van der Waals surface area contributed by atoms with Gasteiger partial charge in [-0.1, -0.05) is 0 Å². The normalized spacial score (nSPS) is 20.9. The molecule has 140 valence electrons. The first kappa shape index (κ1) is 18.2. The number of hydrogen-bond acceptors (Lipinski definition) is 5. The van der Waals surface area contributed by atoms with Crippen LogP contribution in [-0.2, 0) is 10.9 Å². The molecule has 1 fully saturated rings. The van der Waals surface area contributed by atoms with Crippen LogP contribution in [0.1, 0.15) is 29.9 Å². The van der Waals surface area contributed by atoms with Gasteiger partial charge in [0, 0.05) is 25.4 Å². The van der Waals surface area contributed by atoms with Crippen LogP contribution in [0.2, 0.25) is 0 Å². The number of nitrogens with zero attached hydrogens (tertiary/aromatic N) is 3. The number of alkyl halides is 3. The lowest BCUT2D eigenvalue weighted by atomic mass is 10.2. The smallest absolute Gasteiger partial charge is 0.372 e. The van der Waals surface area contributed by atoms with Gasteiger partial charge in [-0.3, -0.25) is 9.89 Å². The summed E-state index contributed by atoms with van der Waals surface area (Å²) < 4.78 is 43.3. The zero-order chi connectivity index (χ0) is 18.9. The maximum atomic E-state index is 12.5. The number of aromatic nitrogens is 3. The van der Waals surface area contributed by atoms with Crippen molar-refractivity contribution in [2.75, 3.05) is 23.3 Å². The molecule has 26 heavy (non-hydrogen) atoms. The number of H-pyrrole nitrogens is 1. The Balaban J connectivity index is 1.66. The summed E-state index contributed by atoms with van der Waals surface area (Å²) in [4.78, 5) is 18.5. The Labute approximate surface area is 147 Å². The molecule has 2 aromatic rings. The van der Waals surface area contributed by atoms with Gasteiger partial charge >= 0.3 is 6.18 Å². The molecule has 2 N–H and O–H groups in total. The molecular formula is C16H18F3N5O2. The Bertz CT molecular complexity index is 765. The molecule has 0 bridgehead atoms. The van der Waals surface area contributed by atoms with Gasteiger partial charge in [0.15, 0.2) is 5.82 Å². The van der Waals surface area contributed by atoms with E-state index in [2.05, 4.69) is 20.3 Å². The summed E-state index contributed by atoms with van der Waals surface area (Å²) in [5.74, 6) is -0.0853. The molecule has 2 aromatic heterocycles. The van der Waals surface area contributed by atoms with Crippen LogP contribution < -0.4 is 10.2 Å². The third-order valence-electron chi connectivity index (χ3n) is 3.88. The number of ether oxygens (including phenoxy) is 1. The van der Waals surface area contributed by atoms with Gasteiger partial charge in [0.1, 0.15) is 11.5 Å². The third-order valence-corrected chi connectivity index (χ3v) is 3.88. The van der Waals surface area contributed by atoms with E-state index in [9.17, 15) is 18.0 Å². The van der Waals surface area contributed by atoms with Crippen molar-refractivity contribution < 1.29 is 22.7 Å². The first-order valence-corrected chi connectivity index (χ1v) is 8.03. The van der Waals surface area contributed by atoms with Gasteiger partial charge in [0.25, 0.3) is 5.91 Å². The van der Waals surface area contributed by atoms with Crippen LogP contribution in [0.15, 0.2) is 24.4 Å². The van der Waals surface area contributed by atoms with Gasteiger partial charge in [-0.25, -0.2) is 4.98 Å². The molecule has 3 rings (SSSR count). The van der Waals surface area contributed by atoms with Crippen LogP contribution in [-0.4, -0.2) is 46.4 Å². The van der Waals surface area contributed by atoms with Crippen LogP contribution in [0.5, 0.6) is 0 Å². The number of hydrogen-bond donors (Lipinski definition) is 2. The Morgan fingerprint density at radius 2 is 2.00 bits per heavy atom. The maximum Gasteiger partial charge on any atom is 0.432 e. The molecule has 10 heteroatoms. The van der Waals surface area contributed by atoms with E-state index in [4.69, 9.17) is 4.74 Å². The van der Waals surface area contributed by atoms with E-state index in [0.717, 1.165) is 6.07 Å². The lowest BCUT2D eigenvalue weighted by Gasteiger charge is -2.36. The Morgan fingerprint density at radius 1 is 1.31 bits per heavy atom. The van der Waals surface area contributed by atoms with Crippen molar-refractivity contribution in [3.05, 3.63) is 35.7 Å². The quantitative estimate of drug-likeness (QED) is 0.869. The van der Waals surface area contributed by atoms with Crippen LogP contribution in [0, 0.1) is 0 Å². The van der Waals surface area contributed by atoms with E-state index in [0.29, 0.717) is 18.9 Å². The number of morpholine rings is 1. The van der Waals surface area contributed by atoms with E-state index >= 15 is 0 Å². The van der Waals surface area contributed by atoms with Crippen molar-refractivity contribution in [2.24, 2.45) is 0 Å². The molecule has 0 saturated carbocycles. The van der Waals surface area contributed by atoms with Gasteiger partial charge in [-0.15, -0.1) is 0 Å². The Hall–Kier alpha value is -2.62. The molecule has 0 aromatic carbocycles. The van der Waals surface area contributed by atoms with Crippen molar-refractivity contribution in [3.8, 4) is 0 Å². The number of carbonyl (C=O) groups is 1. The first-order valence-electron chi connectivity index (χ1n) is 8.03. The molecule has 0 aliphatic carbocycles. The highest BCUT2D eigenvalue weighted by Crippen LogP contribution is 2.28. The lowest BCUT2D eigenvalue weighted by molar-refractivity contribution is -0.141. The fourth-order valence-corrected chi connectivity index (χ4v) is 2.79. The number of halogens is 3. The fraction of sp³-hybridized carbons (Fsp3) is 0.438. The average Bonchev–Trinajstić information content (AvgIpc) is 3.03. The van der Waals surface area contributed by atoms with E-state index in [1.807, 2.05) is 18.9 Å².